The van der Waals surface area contributed by atoms with Gasteiger partial charge in [0.15, 0.2) is 0 Å². The predicted molar refractivity (Wildman–Crippen MR) is 109 cm³/mol. The van der Waals surface area contributed by atoms with Crippen molar-refractivity contribution in [2.45, 2.75) is 6.54 Å². The molecular formula is C21H21N7O2. The number of likely N-dealkylation sites (tertiary alicyclic amines) is 1. The second kappa shape index (κ2) is 6.79. The third kappa shape index (κ3) is 2.98. The van der Waals surface area contributed by atoms with Gasteiger partial charge in [0.25, 0.3) is 5.91 Å². The number of hydrogen-bond donors (Lipinski definition) is 2. The average Bonchev–Trinajstić information content (AvgIpc) is 3.03. The Balaban J connectivity index is 1.20. The molecule has 2 saturated heterocycles. The molecule has 3 aromatic rings. The normalized spacial score (nSPS) is 17.4. The van der Waals surface area contributed by atoms with Crippen LogP contribution in [0.3, 0.4) is 0 Å². The monoisotopic (exact) mass is 403 g/mol. The summed E-state index contributed by atoms with van der Waals surface area (Å²) in [5.74, 6) is -0.0155. The number of aryl methyl sites for hydroxylation is 1. The summed E-state index contributed by atoms with van der Waals surface area (Å²) in [5, 5.41) is 19.0. The summed E-state index contributed by atoms with van der Waals surface area (Å²) in [5.41, 5.74) is 5.15. The van der Waals surface area contributed by atoms with E-state index < -0.39 is 5.91 Å². The molecule has 30 heavy (non-hydrogen) atoms. The number of anilines is 1. The fraction of sp³-hybridized carbons (Fsp3) is 0.333. The minimum atomic E-state index is -0.619. The number of carbonyl (C=O) groups is 1. The lowest BCUT2D eigenvalue weighted by Crippen LogP contribution is -2.72. The Bertz CT molecular complexity index is 1160. The number of fused-ring (bicyclic) bond motifs is 1. The first-order valence-corrected chi connectivity index (χ1v) is 9.72. The lowest BCUT2D eigenvalue weighted by molar-refractivity contribution is -0.0278. The lowest BCUT2D eigenvalue weighted by Gasteiger charge is -2.60. The minimum Gasteiger partial charge on any atom is -0.350 e. The molecule has 2 aliphatic heterocycles. The van der Waals surface area contributed by atoms with Gasteiger partial charge < -0.3 is 9.47 Å². The summed E-state index contributed by atoms with van der Waals surface area (Å²) in [6.07, 6.45) is 4.99. The number of hydrogen-bond acceptors (Lipinski definition) is 7. The van der Waals surface area contributed by atoms with Gasteiger partial charge >= 0.3 is 0 Å². The van der Waals surface area contributed by atoms with Gasteiger partial charge in [-0.15, -0.1) is 0 Å². The molecule has 5 rings (SSSR count). The summed E-state index contributed by atoms with van der Waals surface area (Å²) in [7, 11) is 2.04. The molecule has 9 heteroatoms. The fourth-order valence-electron chi connectivity index (χ4n) is 4.70. The zero-order chi connectivity index (χ0) is 20.9. The highest BCUT2D eigenvalue weighted by Gasteiger charge is 2.52. The van der Waals surface area contributed by atoms with Crippen molar-refractivity contribution in [3.63, 3.8) is 0 Å². The summed E-state index contributed by atoms with van der Waals surface area (Å²) in [4.78, 5) is 24.4. The van der Waals surface area contributed by atoms with Gasteiger partial charge in [-0.3, -0.25) is 14.9 Å². The third-order valence-electron chi connectivity index (χ3n) is 6.05. The second-order valence-corrected chi connectivity index (χ2v) is 8.32. The molecule has 0 saturated carbocycles. The van der Waals surface area contributed by atoms with E-state index in [-0.39, 0.29) is 11.0 Å². The first kappa shape index (κ1) is 18.5. The van der Waals surface area contributed by atoms with Gasteiger partial charge in [-0.25, -0.2) is 15.4 Å². The highest BCUT2D eigenvalue weighted by atomic mass is 16.5. The van der Waals surface area contributed by atoms with Crippen molar-refractivity contribution in [3.8, 4) is 6.07 Å². The molecule has 1 aromatic carbocycles. The van der Waals surface area contributed by atoms with Crippen LogP contribution in [-0.4, -0.2) is 56.7 Å². The van der Waals surface area contributed by atoms with Crippen LogP contribution in [-0.2, 0) is 13.6 Å². The molecule has 152 valence electrons. The van der Waals surface area contributed by atoms with Crippen LogP contribution >= 0.6 is 0 Å². The Morgan fingerprint density at radius 2 is 2.00 bits per heavy atom. The van der Waals surface area contributed by atoms with Crippen LogP contribution < -0.4 is 10.4 Å². The summed E-state index contributed by atoms with van der Waals surface area (Å²) < 4.78 is 2.12. The summed E-state index contributed by atoms with van der Waals surface area (Å²) >= 11 is 0. The number of nitrogens with one attached hydrogen (secondary N) is 1. The van der Waals surface area contributed by atoms with Gasteiger partial charge in [0, 0.05) is 74.7 Å². The molecule has 2 aliphatic rings. The highest BCUT2D eigenvalue weighted by molar-refractivity contribution is 5.92. The van der Waals surface area contributed by atoms with E-state index in [2.05, 4.69) is 36.6 Å². The molecule has 4 heterocycles. The van der Waals surface area contributed by atoms with Crippen LogP contribution in [0.15, 0.2) is 36.8 Å². The number of benzene rings is 1. The Hall–Kier alpha value is -3.48. The average molecular weight is 403 g/mol. The number of aromatic nitrogens is 3. The quantitative estimate of drug-likeness (QED) is 0.499. The van der Waals surface area contributed by atoms with E-state index in [1.807, 2.05) is 25.2 Å². The molecule has 2 aromatic heterocycles. The molecule has 2 fully saturated rings. The molecule has 0 radical (unpaired) electrons. The van der Waals surface area contributed by atoms with E-state index in [1.54, 1.807) is 5.48 Å². The molecule has 0 aliphatic carbocycles. The maximum Gasteiger partial charge on any atom is 0.277 e. The molecule has 0 atom stereocenters. The van der Waals surface area contributed by atoms with Crippen LogP contribution in [0.4, 0.5) is 5.95 Å². The van der Waals surface area contributed by atoms with Crippen LogP contribution in [0.5, 0.6) is 0 Å². The topological polar surface area (TPSA) is 110 Å². The minimum absolute atomic E-state index is 0.223. The fourth-order valence-corrected chi connectivity index (χ4v) is 4.70. The van der Waals surface area contributed by atoms with Crippen molar-refractivity contribution in [1.82, 2.24) is 24.9 Å². The number of hydroxylamine groups is 1. The van der Waals surface area contributed by atoms with Crippen molar-refractivity contribution in [2.75, 3.05) is 31.1 Å². The Morgan fingerprint density at radius 1 is 1.27 bits per heavy atom. The van der Waals surface area contributed by atoms with Crippen molar-refractivity contribution >= 4 is 22.8 Å². The zero-order valence-electron chi connectivity index (χ0n) is 16.5. The van der Waals surface area contributed by atoms with E-state index in [9.17, 15) is 10.1 Å². The molecule has 1 spiro atoms. The Kier molecular flexibility index (Phi) is 4.20. The highest BCUT2D eigenvalue weighted by Crippen LogP contribution is 2.41. The van der Waals surface area contributed by atoms with E-state index in [4.69, 9.17) is 5.21 Å². The van der Waals surface area contributed by atoms with Gasteiger partial charge in [-0.1, -0.05) is 0 Å². The first-order chi connectivity index (χ1) is 14.5. The standard InChI is InChI=1S/C21H21N7O2/c1-26-8-16(17-4-14(5-22)2-3-18(17)26)9-27-10-21(11-27)12-28(13-21)20-23-6-15(7-24-20)19(29)25-30/h2-4,6-8,30H,9-13H2,1H3,(H,25,29). The van der Waals surface area contributed by atoms with Crippen LogP contribution in [0.2, 0.25) is 0 Å². The van der Waals surface area contributed by atoms with Gasteiger partial charge in [0.2, 0.25) is 5.95 Å². The molecule has 1 amide bonds. The smallest absolute Gasteiger partial charge is 0.277 e. The van der Waals surface area contributed by atoms with E-state index in [1.165, 1.54) is 18.0 Å². The van der Waals surface area contributed by atoms with Gasteiger partial charge in [-0.2, -0.15) is 5.26 Å². The van der Waals surface area contributed by atoms with Crippen LogP contribution in [0.25, 0.3) is 10.9 Å². The number of carbonyl (C=O) groups excluding carboxylic acids is 1. The molecular weight excluding hydrogens is 382 g/mol. The number of nitriles is 1. The van der Waals surface area contributed by atoms with E-state index in [0.717, 1.165) is 43.6 Å². The first-order valence-electron chi connectivity index (χ1n) is 9.72. The van der Waals surface area contributed by atoms with Crippen molar-refractivity contribution < 1.29 is 10.0 Å². The summed E-state index contributed by atoms with van der Waals surface area (Å²) in [6.45, 7) is 4.69. The number of nitrogens with zero attached hydrogens (tertiary/aromatic N) is 6. The van der Waals surface area contributed by atoms with E-state index >= 15 is 0 Å². The largest absolute Gasteiger partial charge is 0.350 e. The van der Waals surface area contributed by atoms with Crippen LogP contribution in [0.1, 0.15) is 21.5 Å². The molecule has 2 N–H and O–H groups in total. The van der Waals surface area contributed by atoms with Gasteiger partial charge in [0.1, 0.15) is 0 Å². The Morgan fingerprint density at radius 3 is 2.67 bits per heavy atom. The zero-order valence-corrected chi connectivity index (χ0v) is 16.5. The SMILES string of the molecule is Cn1cc(CN2CC3(C2)CN(c2ncc(C(=O)NO)cn2)C3)c2cc(C#N)ccc21. The second-order valence-electron chi connectivity index (χ2n) is 8.32. The van der Waals surface area contributed by atoms with Crippen molar-refractivity contribution in [1.29, 1.82) is 5.26 Å². The third-order valence-corrected chi connectivity index (χ3v) is 6.05. The number of rotatable bonds is 4. The molecule has 9 nitrogen and oxygen atoms in total. The van der Waals surface area contributed by atoms with E-state index in [0.29, 0.717) is 11.5 Å². The number of amides is 1. The maximum atomic E-state index is 11.4. The van der Waals surface area contributed by atoms with Crippen LogP contribution in [0, 0.1) is 16.7 Å². The molecule has 0 bridgehead atoms. The maximum absolute atomic E-state index is 11.4. The molecule has 0 unspecified atom stereocenters. The van der Waals surface area contributed by atoms with Crippen molar-refractivity contribution in [3.05, 3.63) is 53.5 Å². The Labute approximate surface area is 173 Å². The summed E-state index contributed by atoms with van der Waals surface area (Å²) in [6, 6.07) is 8.07. The van der Waals surface area contributed by atoms with Gasteiger partial charge in [0.05, 0.1) is 17.2 Å². The lowest BCUT2D eigenvalue weighted by atomic mass is 9.73. The van der Waals surface area contributed by atoms with Gasteiger partial charge in [-0.05, 0) is 23.8 Å². The predicted octanol–water partition coefficient (Wildman–Crippen LogP) is 1.28. The van der Waals surface area contributed by atoms with Crippen molar-refractivity contribution in [2.24, 2.45) is 12.5 Å².